The third-order valence-electron chi connectivity index (χ3n) is 14.0. The third-order valence-corrected chi connectivity index (χ3v) is 14.0. The maximum Gasteiger partial charge on any atom is 0.220 e. The van der Waals surface area contributed by atoms with E-state index in [1.54, 1.807) is 6.08 Å². The summed E-state index contributed by atoms with van der Waals surface area (Å²) in [6.07, 6.45) is 34.8. The predicted molar refractivity (Wildman–Crippen MR) is 281 cm³/mol. The molecule has 0 radical (unpaired) electrons. The molecule has 71 heavy (non-hydrogen) atoms. The number of rotatable bonds is 45. The van der Waals surface area contributed by atoms with Gasteiger partial charge in [0.15, 0.2) is 12.6 Å². The van der Waals surface area contributed by atoms with E-state index >= 15 is 0 Å². The molecule has 14 nitrogen and oxygen atoms in total. The lowest BCUT2D eigenvalue weighted by molar-refractivity contribution is -0.359. The van der Waals surface area contributed by atoms with Gasteiger partial charge in [-0.25, -0.2) is 0 Å². The van der Waals surface area contributed by atoms with Gasteiger partial charge in [-0.05, 0) is 57.8 Å². The number of amides is 1. The van der Waals surface area contributed by atoms with Crippen LogP contribution in [-0.4, -0.2) is 140 Å². The molecule has 9 N–H and O–H groups in total. The highest BCUT2D eigenvalue weighted by atomic mass is 16.7. The molecule has 2 aliphatic rings. The van der Waals surface area contributed by atoms with Crippen molar-refractivity contribution in [3.05, 3.63) is 36.5 Å². The van der Waals surface area contributed by atoms with Gasteiger partial charge in [-0.15, -0.1) is 0 Å². The molecular weight excluding hydrogens is 907 g/mol. The number of hydrogen-bond acceptors (Lipinski definition) is 13. The molecule has 416 valence electrons. The summed E-state index contributed by atoms with van der Waals surface area (Å²) in [7, 11) is 0. The first-order chi connectivity index (χ1) is 34.6. The van der Waals surface area contributed by atoms with Gasteiger partial charge in [-0.2, -0.15) is 0 Å². The topological polar surface area (TPSA) is 228 Å². The molecule has 0 aromatic carbocycles. The summed E-state index contributed by atoms with van der Waals surface area (Å²) >= 11 is 0. The van der Waals surface area contributed by atoms with Crippen molar-refractivity contribution < 1.29 is 64.6 Å². The zero-order valence-corrected chi connectivity index (χ0v) is 44.5. The lowest BCUT2D eigenvalue weighted by Gasteiger charge is -2.46. The van der Waals surface area contributed by atoms with E-state index < -0.39 is 86.8 Å². The summed E-state index contributed by atoms with van der Waals surface area (Å²) in [4.78, 5) is 13.2. The molecule has 0 saturated carbocycles. The van der Waals surface area contributed by atoms with Gasteiger partial charge in [0.2, 0.25) is 5.91 Å². The Hall–Kier alpha value is -1.79. The highest BCUT2D eigenvalue weighted by Crippen LogP contribution is 2.30. The van der Waals surface area contributed by atoms with Crippen LogP contribution in [0.1, 0.15) is 226 Å². The lowest BCUT2D eigenvalue weighted by Crippen LogP contribution is -2.65. The van der Waals surface area contributed by atoms with E-state index in [9.17, 15) is 45.6 Å². The summed E-state index contributed by atoms with van der Waals surface area (Å²) in [5, 5.41) is 86.9. The second-order valence-corrected chi connectivity index (χ2v) is 20.4. The number of aliphatic hydroxyl groups is 8. The quantitative estimate of drug-likeness (QED) is 0.0205. The van der Waals surface area contributed by atoms with Crippen LogP contribution in [0.25, 0.3) is 0 Å². The number of unbranched alkanes of at least 4 members (excludes halogenated alkanes) is 28. The van der Waals surface area contributed by atoms with E-state index in [0.717, 1.165) is 51.4 Å². The van der Waals surface area contributed by atoms with Gasteiger partial charge in [0.25, 0.3) is 0 Å². The summed E-state index contributed by atoms with van der Waals surface area (Å²) < 4.78 is 22.7. The zero-order chi connectivity index (χ0) is 51.7. The van der Waals surface area contributed by atoms with Crippen LogP contribution in [0.15, 0.2) is 36.5 Å². The minimum atomic E-state index is -1.79. The molecule has 2 fully saturated rings. The monoisotopic (exact) mass is 1010 g/mol. The van der Waals surface area contributed by atoms with Crippen LogP contribution in [0.2, 0.25) is 0 Å². The Bertz CT molecular complexity index is 1330. The molecule has 0 aromatic heterocycles. The van der Waals surface area contributed by atoms with Crippen molar-refractivity contribution in [2.75, 3.05) is 19.8 Å². The minimum absolute atomic E-state index is 0.258. The molecule has 12 atom stereocenters. The molecule has 2 rings (SSSR count). The molecule has 0 spiro atoms. The smallest absolute Gasteiger partial charge is 0.220 e. The standard InChI is InChI=1S/C57H105NO13/c1-3-5-7-9-11-13-15-17-19-20-21-22-23-24-25-26-27-28-30-32-34-36-38-40-46(61)45(58-49(62)41-39-37-35-33-31-29-18-16-14-12-10-8-6-4-2)44-68-56-54(67)52(65)55(48(43-60)70-56)71-57-53(66)51(64)50(63)47(42-59)69-57/h16,18,30,32,38,40,45-48,50-57,59-61,63-67H,3-15,17,19-29,31,33-37,39,41-44H2,1-2H3,(H,58,62)/b18-16-,32-30+,40-38+. The van der Waals surface area contributed by atoms with E-state index in [2.05, 4.69) is 43.5 Å². The van der Waals surface area contributed by atoms with Crippen LogP contribution < -0.4 is 5.32 Å². The Labute approximate surface area is 430 Å². The summed E-state index contributed by atoms with van der Waals surface area (Å²) in [6, 6.07) is -0.934. The van der Waals surface area contributed by atoms with Gasteiger partial charge in [0.05, 0.1) is 32.0 Å². The number of ether oxygens (including phenoxy) is 4. The van der Waals surface area contributed by atoms with E-state index in [4.69, 9.17) is 18.9 Å². The van der Waals surface area contributed by atoms with Crippen molar-refractivity contribution in [3.63, 3.8) is 0 Å². The Morgan fingerprint density at radius 1 is 0.493 bits per heavy atom. The molecule has 2 heterocycles. The first-order valence-corrected chi connectivity index (χ1v) is 28.7. The molecule has 1 amide bonds. The van der Waals surface area contributed by atoms with Gasteiger partial charge < -0.3 is 65.1 Å². The van der Waals surface area contributed by atoms with Gasteiger partial charge in [0, 0.05) is 6.42 Å². The van der Waals surface area contributed by atoms with E-state index in [-0.39, 0.29) is 18.9 Å². The highest BCUT2D eigenvalue weighted by Gasteiger charge is 2.51. The van der Waals surface area contributed by atoms with E-state index in [0.29, 0.717) is 12.8 Å². The molecule has 2 aliphatic heterocycles. The third kappa shape index (κ3) is 29.8. The van der Waals surface area contributed by atoms with Crippen LogP contribution in [-0.2, 0) is 23.7 Å². The minimum Gasteiger partial charge on any atom is -0.394 e. The van der Waals surface area contributed by atoms with Crippen LogP contribution in [0.5, 0.6) is 0 Å². The van der Waals surface area contributed by atoms with E-state index in [1.165, 1.54) is 141 Å². The number of carbonyl (C=O) groups is 1. The van der Waals surface area contributed by atoms with Crippen molar-refractivity contribution in [2.45, 2.75) is 299 Å². The number of aliphatic hydroxyl groups excluding tert-OH is 8. The van der Waals surface area contributed by atoms with Gasteiger partial charge >= 0.3 is 0 Å². The molecule has 12 unspecified atom stereocenters. The van der Waals surface area contributed by atoms with Crippen molar-refractivity contribution in [1.82, 2.24) is 5.32 Å². The second-order valence-electron chi connectivity index (χ2n) is 20.4. The van der Waals surface area contributed by atoms with Crippen LogP contribution >= 0.6 is 0 Å². The molecule has 2 saturated heterocycles. The van der Waals surface area contributed by atoms with Crippen molar-refractivity contribution in [1.29, 1.82) is 0 Å². The fraction of sp³-hybridized carbons (Fsp3) is 0.877. The lowest BCUT2D eigenvalue weighted by atomic mass is 9.97. The maximum atomic E-state index is 13.2. The number of hydrogen-bond donors (Lipinski definition) is 9. The number of carbonyl (C=O) groups excluding carboxylic acids is 1. The van der Waals surface area contributed by atoms with Gasteiger partial charge in [-0.3, -0.25) is 4.79 Å². The van der Waals surface area contributed by atoms with Crippen LogP contribution in [0.3, 0.4) is 0 Å². The Balaban J connectivity index is 1.80. The molecular formula is C57H105NO13. The van der Waals surface area contributed by atoms with Crippen molar-refractivity contribution >= 4 is 5.91 Å². The summed E-state index contributed by atoms with van der Waals surface area (Å²) in [5.74, 6) is -0.258. The Kier molecular flexibility index (Phi) is 40.0. The Morgan fingerprint density at radius 3 is 1.38 bits per heavy atom. The molecule has 14 heteroatoms. The molecule has 0 aromatic rings. The first-order valence-electron chi connectivity index (χ1n) is 28.7. The fourth-order valence-electron chi connectivity index (χ4n) is 9.36. The molecule has 0 bridgehead atoms. The van der Waals surface area contributed by atoms with Crippen LogP contribution in [0.4, 0.5) is 0 Å². The average Bonchev–Trinajstić information content (AvgIpc) is 3.37. The van der Waals surface area contributed by atoms with Crippen LogP contribution in [0, 0.1) is 0 Å². The number of nitrogens with one attached hydrogen (secondary N) is 1. The van der Waals surface area contributed by atoms with Crippen molar-refractivity contribution in [2.24, 2.45) is 0 Å². The summed E-state index contributed by atoms with van der Waals surface area (Å²) in [5.41, 5.74) is 0. The highest BCUT2D eigenvalue weighted by molar-refractivity contribution is 5.76. The zero-order valence-electron chi connectivity index (χ0n) is 44.5. The van der Waals surface area contributed by atoms with E-state index in [1.807, 2.05) is 6.08 Å². The average molecular weight is 1010 g/mol. The van der Waals surface area contributed by atoms with Crippen molar-refractivity contribution in [3.8, 4) is 0 Å². The van der Waals surface area contributed by atoms with Gasteiger partial charge in [-0.1, -0.05) is 198 Å². The Morgan fingerprint density at radius 2 is 0.901 bits per heavy atom. The largest absolute Gasteiger partial charge is 0.394 e. The SMILES string of the molecule is CCCCCCC/C=C\CCCCCCCC(=O)NC(COC1OC(CO)C(OC2OC(CO)C(O)C(O)C2O)C(O)C1O)C(O)/C=C/CC/C=C/CCCCCCCCCCCCCCCCCCC. The summed E-state index contributed by atoms with van der Waals surface area (Å²) in [6.45, 7) is 2.77. The maximum absolute atomic E-state index is 13.2. The second kappa shape index (κ2) is 43.4. The van der Waals surface area contributed by atoms with Gasteiger partial charge in [0.1, 0.15) is 48.8 Å². The normalized spacial score (nSPS) is 26.0. The number of allylic oxidation sites excluding steroid dienone is 5. The first kappa shape index (κ1) is 65.3. The predicted octanol–water partition coefficient (Wildman–Crippen LogP) is 9.05. The molecule has 0 aliphatic carbocycles. The fourth-order valence-corrected chi connectivity index (χ4v) is 9.36.